The highest BCUT2D eigenvalue weighted by Crippen LogP contribution is 2.49. The molecule has 0 saturated heterocycles. The molecule has 160 valence electrons. The van der Waals surface area contributed by atoms with Gasteiger partial charge in [-0.25, -0.2) is 9.37 Å². The van der Waals surface area contributed by atoms with Crippen molar-refractivity contribution in [2.75, 3.05) is 24.2 Å². The highest BCUT2D eigenvalue weighted by molar-refractivity contribution is 6.28. The highest BCUT2D eigenvalue weighted by atomic mass is 35.5. The molecule has 2 saturated carbocycles. The number of nitrogens with one attached hydrogen (secondary N) is 2. The first-order chi connectivity index (χ1) is 14.4. The SMILES string of the molecule is NC(=O)C1C(Nc2nc(Cl)ncc2F)C2C[C@H]1CC2NCCOc1cccc(N)c1. The standard InChI is InChI=1S/C20H24ClFN6O2/c21-20-26-9-14(22)19(28-20)27-17-13-6-10(16(17)18(24)29)7-15(13)25-4-5-30-12-3-1-2-11(23)8-12/h1-3,8-10,13,15-17,25H,4-7,23H2,(H2,24,29)(H,26,27,28)/t10-,13?,15?,16?,17?/m0/s1. The van der Waals surface area contributed by atoms with Gasteiger partial charge < -0.3 is 26.8 Å². The Hall–Kier alpha value is -2.65. The van der Waals surface area contributed by atoms with Gasteiger partial charge in [-0.1, -0.05) is 6.07 Å². The van der Waals surface area contributed by atoms with Crippen molar-refractivity contribution in [1.29, 1.82) is 0 Å². The summed E-state index contributed by atoms with van der Waals surface area (Å²) in [5.74, 6) is -0.443. The second-order valence-electron chi connectivity index (χ2n) is 7.81. The van der Waals surface area contributed by atoms with Crippen molar-refractivity contribution in [1.82, 2.24) is 15.3 Å². The summed E-state index contributed by atoms with van der Waals surface area (Å²) in [6, 6.07) is 7.11. The van der Waals surface area contributed by atoms with Gasteiger partial charge in [-0.05, 0) is 48.4 Å². The molecule has 4 rings (SSSR count). The van der Waals surface area contributed by atoms with Gasteiger partial charge in [-0.3, -0.25) is 4.79 Å². The fraction of sp³-hybridized carbons (Fsp3) is 0.450. The van der Waals surface area contributed by atoms with Gasteiger partial charge in [0.05, 0.1) is 12.1 Å². The number of anilines is 2. The third kappa shape index (κ3) is 4.27. The number of nitrogens with zero attached hydrogens (tertiary/aromatic N) is 2. The first kappa shape index (κ1) is 20.6. The molecule has 1 heterocycles. The summed E-state index contributed by atoms with van der Waals surface area (Å²) < 4.78 is 19.8. The molecule has 1 aromatic carbocycles. The van der Waals surface area contributed by atoms with Crippen molar-refractivity contribution < 1.29 is 13.9 Å². The molecule has 2 aromatic rings. The Kier molecular flexibility index (Phi) is 5.92. The summed E-state index contributed by atoms with van der Waals surface area (Å²) in [5, 5.41) is 6.50. The van der Waals surface area contributed by atoms with Gasteiger partial charge in [-0.15, -0.1) is 0 Å². The third-order valence-corrected chi connectivity index (χ3v) is 6.17. The van der Waals surface area contributed by atoms with Crippen LogP contribution >= 0.6 is 11.6 Å². The van der Waals surface area contributed by atoms with Crippen LogP contribution in [0.1, 0.15) is 12.8 Å². The zero-order valence-corrected chi connectivity index (χ0v) is 17.0. The summed E-state index contributed by atoms with van der Waals surface area (Å²) >= 11 is 5.80. The molecule has 2 fully saturated rings. The van der Waals surface area contributed by atoms with Gasteiger partial charge >= 0.3 is 0 Å². The fourth-order valence-electron chi connectivity index (χ4n) is 4.82. The summed E-state index contributed by atoms with van der Waals surface area (Å²) in [5.41, 5.74) is 12.1. The van der Waals surface area contributed by atoms with Crippen LogP contribution in [0.2, 0.25) is 5.28 Å². The maximum absolute atomic E-state index is 14.1. The summed E-state index contributed by atoms with van der Waals surface area (Å²) in [4.78, 5) is 19.6. The van der Waals surface area contributed by atoms with E-state index in [0.29, 0.717) is 24.6 Å². The Morgan fingerprint density at radius 1 is 1.37 bits per heavy atom. The number of carbonyl (C=O) groups is 1. The molecule has 2 aliphatic rings. The number of primary amides is 1. The molecule has 2 bridgehead atoms. The summed E-state index contributed by atoms with van der Waals surface area (Å²) in [7, 11) is 0. The van der Waals surface area contributed by atoms with Gasteiger partial charge in [0.1, 0.15) is 12.4 Å². The molecule has 8 nitrogen and oxygen atoms in total. The molecule has 0 aliphatic heterocycles. The Morgan fingerprint density at radius 3 is 2.97 bits per heavy atom. The zero-order chi connectivity index (χ0) is 21.3. The molecule has 2 aliphatic carbocycles. The predicted molar refractivity (Wildman–Crippen MR) is 111 cm³/mol. The van der Waals surface area contributed by atoms with Crippen LogP contribution in [0.25, 0.3) is 0 Å². The molecule has 10 heteroatoms. The Balaban J connectivity index is 1.38. The summed E-state index contributed by atoms with van der Waals surface area (Å²) in [6.07, 6.45) is 2.68. The van der Waals surface area contributed by atoms with E-state index in [9.17, 15) is 9.18 Å². The Labute approximate surface area is 178 Å². The van der Waals surface area contributed by atoms with Crippen molar-refractivity contribution in [2.45, 2.75) is 24.9 Å². The number of nitrogens with two attached hydrogens (primary N) is 2. The minimum atomic E-state index is -0.620. The van der Waals surface area contributed by atoms with E-state index < -0.39 is 5.82 Å². The van der Waals surface area contributed by atoms with Crippen LogP contribution in [0, 0.1) is 23.6 Å². The molecule has 1 amide bonds. The van der Waals surface area contributed by atoms with E-state index >= 15 is 0 Å². The number of aromatic nitrogens is 2. The van der Waals surface area contributed by atoms with Crippen molar-refractivity contribution in [2.24, 2.45) is 23.5 Å². The third-order valence-electron chi connectivity index (χ3n) is 5.99. The molecule has 6 N–H and O–H groups in total. The number of rotatable bonds is 8. The molecule has 0 spiro atoms. The van der Waals surface area contributed by atoms with Crippen molar-refractivity contribution >= 4 is 29.0 Å². The quantitative estimate of drug-likeness (QED) is 0.283. The predicted octanol–water partition coefficient (Wildman–Crippen LogP) is 1.81. The fourth-order valence-corrected chi connectivity index (χ4v) is 4.96. The van der Waals surface area contributed by atoms with E-state index in [4.69, 9.17) is 27.8 Å². The zero-order valence-electron chi connectivity index (χ0n) is 16.2. The molecular formula is C20H24ClFN6O2. The number of fused-ring (bicyclic) bond motifs is 2. The first-order valence-corrected chi connectivity index (χ1v) is 10.3. The molecule has 1 aromatic heterocycles. The monoisotopic (exact) mass is 434 g/mol. The van der Waals surface area contributed by atoms with Crippen LogP contribution in [-0.2, 0) is 4.79 Å². The van der Waals surface area contributed by atoms with E-state index in [-0.39, 0.29) is 46.8 Å². The van der Waals surface area contributed by atoms with Crippen LogP contribution in [0.5, 0.6) is 5.75 Å². The lowest BCUT2D eigenvalue weighted by molar-refractivity contribution is -0.123. The van der Waals surface area contributed by atoms with E-state index in [2.05, 4.69) is 20.6 Å². The van der Waals surface area contributed by atoms with Gasteiger partial charge in [0.15, 0.2) is 11.6 Å². The van der Waals surface area contributed by atoms with E-state index in [1.165, 1.54) is 0 Å². The van der Waals surface area contributed by atoms with Gasteiger partial charge in [0, 0.05) is 30.4 Å². The number of hydrogen-bond acceptors (Lipinski definition) is 7. The maximum atomic E-state index is 14.1. The first-order valence-electron chi connectivity index (χ1n) is 9.88. The second-order valence-corrected chi connectivity index (χ2v) is 8.15. The lowest BCUT2D eigenvalue weighted by Crippen LogP contribution is -2.51. The number of halogens is 2. The molecule has 4 unspecified atom stereocenters. The van der Waals surface area contributed by atoms with Gasteiger partial charge in [-0.2, -0.15) is 4.98 Å². The van der Waals surface area contributed by atoms with Crippen molar-refractivity contribution in [3.8, 4) is 5.75 Å². The average Bonchev–Trinajstić information content (AvgIpc) is 3.26. The Bertz CT molecular complexity index is 932. The van der Waals surface area contributed by atoms with Gasteiger partial charge in [0.25, 0.3) is 0 Å². The topological polar surface area (TPSA) is 128 Å². The molecule has 5 atom stereocenters. The van der Waals surface area contributed by atoms with Gasteiger partial charge in [0.2, 0.25) is 11.2 Å². The number of carbonyl (C=O) groups excluding carboxylic acids is 1. The van der Waals surface area contributed by atoms with Crippen molar-refractivity contribution in [3.05, 3.63) is 41.6 Å². The average molecular weight is 435 g/mol. The summed E-state index contributed by atoms with van der Waals surface area (Å²) in [6.45, 7) is 1.11. The largest absolute Gasteiger partial charge is 0.492 e. The normalized spacial score (nSPS) is 27.2. The van der Waals surface area contributed by atoms with E-state index in [1.807, 2.05) is 12.1 Å². The number of amides is 1. The van der Waals surface area contributed by atoms with Crippen LogP contribution < -0.4 is 26.8 Å². The number of benzene rings is 1. The number of nitrogen functional groups attached to an aromatic ring is 1. The maximum Gasteiger partial charge on any atom is 0.224 e. The molecule has 0 radical (unpaired) electrons. The smallest absolute Gasteiger partial charge is 0.224 e. The van der Waals surface area contributed by atoms with Crippen molar-refractivity contribution in [3.63, 3.8) is 0 Å². The van der Waals surface area contributed by atoms with Crippen LogP contribution in [0.3, 0.4) is 0 Å². The second kappa shape index (κ2) is 8.61. The number of ether oxygens (including phenoxy) is 1. The molecular weight excluding hydrogens is 411 g/mol. The van der Waals surface area contributed by atoms with Crippen LogP contribution in [0.15, 0.2) is 30.5 Å². The minimum Gasteiger partial charge on any atom is -0.492 e. The lowest BCUT2D eigenvalue weighted by Gasteiger charge is -2.35. The lowest BCUT2D eigenvalue weighted by atomic mass is 9.81. The minimum absolute atomic E-state index is 0.0115. The Morgan fingerprint density at radius 2 is 2.20 bits per heavy atom. The van der Waals surface area contributed by atoms with Crippen LogP contribution in [0.4, 0.5) is 15.9 Å². The highest BCUT2D eigenvalue weighted by Gasteiger charge is 2.54. The number of hydrogen-bond donors (Lipinski definition) is 4. The molecule has 30 heavy (non-hydrogen) atoms. The van der Waals surface area contributed by atoms with E-state index in [0.717, 1.165) is 19.0 Å². The van der Waals surface area contributed by atoms with E-state index in [1.54, 1.807) is 12.1 Å². The van der Waals surface area contributed by atoms with Crippen LogP contribution in [-0.4, -0.2) is 41.1 Å².